The van der Waals surface area contributed by atoms with Gasteiger partial charge >= 0.3 is 0 Å². The Morgan fingerprint density at radius 3 is 2.02 bits per heavy atom. The highest BCUT2D eigenvalue weighted by Crippen LogP contribution is 2.42. The second kappa shape index (κ2) is 10.7. The fourth-order valence-corrected chi connectivity index (χ4v) is 6.95. The number of aromatic nitrogens is 4. The number of nitrogens with zero attached hydrogens (tertiary/aromatic N) is 4. The molecule has 0 fully saturated rings. The minimum Gasteiger partial charge on any atom is -0.456 e. The van der Waals surface area contributed by atoms with Crippen LogP contribution in [-0.2, 0) is 0 Å². The molecule has 0 aliphatic heterocycles. The fraction of sp³-hybridized carbons (Fsp3) is 0. The molecule has 0 radical (unpaired) electrons. The number of benzene rings is 7. The molecule has 11 rings (SSSR count). The highest BCUT2D eigenvalue weighted by Gasteiger charge is 2.22. The van der Waals surface area contributed by atoms with Crippen LogP contribution >= 0.6 is 0 Å². The van der Waals surface area contributed by atoms with Crippen molar-refractivity contribution < 1.29 is 22.5 Å². The molecule has 7 aromatic carbocycles. The van der Waals surface area contributed by atoms with Crippen LogP contribution in [0, 0.1) is 0 Å². The van der Waals surface area contributed by atoms with E-state index in [2.05, 4.69) is 0 Å². The number of rotatable bonds is 4. The van der Waals surface area contributed by atoms with Crippen LogP contribution in [-0.4, -0.2) is 19.5 Å². The number of hydrogen-bond acceptors (Lipinski definition) is 5. The van der Waals surface area contributed by atoms with Crippen molar-refractivity contribution in [3.63, 3.8) is 0 Å². The summed E-state index contributed by atoms with van der Waals surface area (Å²) in [6.45, 7) is 0. The Labute approximate surface area is 304 Å². The van der Waals surface area contributed by atoms with Crippen LogP contribution in [0.25, 0.3) is 106 Å². The Balaban J connectivity index is 1.26. The molecule has 6 heteroatoms. The van der Waals surface area contributed by atoms with Gasteiger partial charge in [-0.3, -0.25) is 4.57 Å². The zero-order valence-corrected chi connectivity index (χ0v) is 26.3. The molecule has 0 saturated carbocycles. The van der Waals surface area contributed by atoms with Crippen molar-refractivity contribution in [3.8, 4) is 39.9 Å². The van der Waals surface area contributed by atoms with Gasteiger partial charge in [-0.05, 0) is 53.5 Å². The zero-order valence-electron chi connectivity index (χ0n) is 36.3. The summed E-state index contributed by atoms with van der Waals surface area (Å²) in [4.78, 5) is 14.7. The molecule has 4 aromatic heterocycles. The van der Waals surface area contributed by atoms with Gasteiger partial charge in [0.15, 0.2) is 11.6 Å². The second-order valence-electron chi connectivity index (χ2n) is 12.0. The molecular formula is C45H26N4O2. The average Bonchev–Trinajstić information content (AvgIpc) is 3.99. The van der Waals surface area contributed by atoms with Gasteiger partial charge < -0.3 is 8.83 Å². The van der Waals surface area contributed by atoms with Gasteiger partial charge in [0.1, 0.15) is 22.3 Å². The number of hydrogen-bond donors (Lipinski definition) is 0. The summed E-state index contributed by atoms with van der Waals surface area (Å²) in [5.74, 6) is 0.243. The van der Waals surface area contributed by atoms with Crippen LogP contribution in [0.2, 0.25) is 0 Å². The predicted molar refractivity (Wildman–Crippen MR) is 205 cm³/mol. The maximum Gasteiger partial charge on any atom is 0.238 e. The minimum atomic E-state index is -0.572. The Kier molecular flexibility index (Phi) is 4.17. The predicted octanol–water partition coefficient (Wildman–Crippen LogP) is 11.8. The van der Waals surface area contributed by atoms with Gasteiger partial charge in [0, 0.05) is 43.4 Å². The molecule has 0 unspecified atom stereocenters. The second-order valence-corrected chi connectivity index (χ2v) is 12.0. The van der Waals surface area contributed by atoms with Crippen LogP contribution in [0.3, 0.4) is 0 Å². The quantitative estimate of drug-likeness (QED) is 0.187. The Morgan fingerprint density at radius 1 is 0.451 bits per heavy atom. The third-order valence-electron chi connectivity index (χ3n) is 9.18. The summed E-state index contributed by atoms with van der Waals surface area (Å²) in [7, 11) is 0. The Hall–Kier alpha value is -7.05. The summed E-state index contributed by atoms with van der Waals surface area (Å²) in [5.41, 5.74) is 3.72. The van der Waals surface area contributed by atoms with Crippen molar-refractivity contribution in [2.75, 3.05) is 0 Å². The van der Waals surface area contributed by atoms with Crippen LogP contribution in [0.4, 0.5) is 0 Å². The van der Waals surface area contributed by atoms with Crippen LogP contribution in [0.5, 0.6) is 0 Å². The first-order chi connectivity index (χ1) is 29.4. The van der Waals surface area contributed by atoms with Gasteiger partial charge in [0.05, 0.1) is 24.7 Å². The summed E-state index contributed by atoms with van der Waals surface area (Å²) in [6, 6.07) is 25.5. The molecule has 51 heavy (non-hydrogen) atoms. The van der Waals surface area contributed by atoms with Crippen molar-refractivity contribution >= 4 is 65.7 Å². The van der Waals surface area contributed by atoms with E-state index in [-0.39, 0.29) is 61.3 Å². The van der Waals surface area contributed by atoms with Crippen molar-refractivity contribution in [3.05, 3.63) is 157 Å². The highest BCUT2D eigenvalue weighted by molar-refractivity contribution is 6.27. The summed E-state index contributed by atoms with van der Waals surface area (Å²) >= 11 is 0. The van der Waals surface area contributed by atoms with Gasteiger partial charge in [0.2, 0.25) is 5.95 Å². The van der Waals surface area contributed by atoms with Crippen molar-refractivity contribution in [2.24, 2.45) is 0 Å². The molecule has 0 aliphatic carbocycles. The molecule has 0 aliphatic rings. The van der Waals surface area contributed by atoms with E-state index in [0.717, 1.165) is 21.9 Å². The molecular weight excluding hydrogens is 629 g/mol. The van der Waals surface area contributed by atoms with Gasteiger partial charge in [-0.25, -0.2) is 4.98 Å². The van der Waals surface area contributed by atoms with E-state index in [0.29, 0.717) is 22.3 Å². The summed E-state index contributed by atoms with van der Waals surface area (Å²) in [6.07, 6.45) is 0. The summed E-state index contributed by atoms with van der Waals surface area (Å²) in [5, 5.41) is 1.65. The van der Waals surface area contributed by atoms with E-state index in [4.69, 9.17) is 32.0 Å². The lowest BCUT2D eigenvalue weighted by atomic mass is 9.99. The molecule has 0 saturated heterocycles. The van der Waals surface area contributed by atoms with Gasteiger partial charge in [-0.2, -0.15) is 9.97 Å². The average molecular weight is 665 g/mol. The third-order valence-corrected chi connectivity index (χ3v) is 9.18. The zero-order chi connectivity index (χ0) is 42.2. The van der Waals surface area contributed by atoms with E-state index in [1.807, 2.05) is 84.9 Å². The molecule has 238 valence electrons. The van der Waals surface area contributed by atoms with Gasteiger partial charge in [0.25, 0.3) is 0 Å². The van der Waals surface area contributed by atoms with Crippen molar-refractivity contribution in [1.82, 2.24) is 19.5 Å². The third kappa shape index (κ3) is 4.20. The minimum absolute atomic E-state index is 0.00504. The smallest absolute Gasteiger partial charge is 0.238 e. The normalized spacial score (nSPS) is 14.7. The maximum atomic E-state index is 9.43. The van der Waals surface area contributed by atoms with Crippen LogP contribution < -0.4 is 0 Å². The molecule has 0 atom stereocenters. The number of fused-ring (bicyclic) bond motifs is 10. The lowest BCUT2D eigenvalue weighted by Gasteiger charge is -2.11. The Bertz CT molecular complexity index is 3720. The first kappa shape index (κ1) is 19.8. The first-order valence-electron chi connectivity index (χ1n) is 21.1. The lowest BCUT2D eigenvalue weighted by molar-refractivity contribution is 0.669. The number of para-hydroxylation sites is 2. The lowest BCUT2D eigenvalue weighted by Crippen LogP contribution is -2.06. The topological polar surface area (TPSA) is 69.9 Å². The molecule has 6 nitrogen and oxygen atoms in total. The van der Waals surface area contributed by atoms with E-state index in [1.165, 1.54) is 4.57 Å². The monoisotopic (exact) mass is 664 g/mol. The van der Waals surface area contributed by atoms with Crippen molar-refractivity contribution in [2.45, 2.75) is 0 Å². The van der Waals surface area contributed by atoms with Gasteiger partial charge in [-0.15, -0.1) is 0 Å². The fourth-order valence-electron chi connectivity index (χ4n) is 6.95. The molecule has 4 heterocycles. The Morgan fingerprint density at radius 2 is 1.18 bits per heavy atom. The standard InChI is InChI=1S/C45H26N4O2/c1-3-12-27(13-4-1)30-18-11-21-37-40(30)33-23-22-29(26-39(33)51-37)44-46-43(28-14-5-2-6-15-28)47-45(48-44)49-34-19-9-7-16-31(34)41-35(49)24-25-38-42(41)32-17-8-10-20-36(32)50-38/h1-26H/i7D,8D,9D,10D,16D,17D,19D,20D,24D,25D. The van der Waals surface area contributed by atoms with E-state index in [1.54, 1.807) is 12.1 Å². The largest absolute Gasteiger partial charge is 0.456 e. The van der Waals surface area contributed by atoms with Crippen LogP contribution in [0.15, 0.2) is 166 Å². The first-order valence-corrected chi connectivity index (χ1v) is 16.1. The van der Waals surface area contributed by atoms with E-state index in [9.17, 15) is 5.48 Å². The molecule has 11 aromatic rings. The van der Waals surface area contributed by atoms with Crippen LogP contribution in [0.1, 0.15) is 13.7 Å². The van der Waals surface area contributed by atoms with E-state index >= 15 is 0 Å². The molecule has 0 spiro atoms. The maximum absolute atomic E-state index is 9.43. The molecule has 0 bridgehead atoms. The SMILES string of the molecule is [2H]c1c([2H])c([2H])c2c(oc3c([2H])c([2H])c4c(c5c([2H])c([2H])c([2H])c([2H])c5n4-c4nc(-c5ccccc5)nc(-c5ccc6c(c5)oc5cccc(-c7ccccc7)c56)n4)c32)c1[2H]. The van der Waals surface area contributed by atoms with Crippen molar-refractivity contribution in [1.29, 1.82) is 0 Å². The molecule has 0 N–H and O–H groups in total. The van der Waals surface area contributed by atoms with Gasteiger partial charge in [-0.1, -0.05) is 115 Å². The molecule has 0 amide bonds. The summed E-state index contributed by atoms with van der Waals surface area (Å²) < 4.78 is 103. The van der Waals surface area contributed by atoms with E-state index < -0.39 is 60.4 Å². The highest BCUT2D eigenvalue weighted by atomic mass is 16.3. The number of furan rings is 2.